The number of halogens is 4. The third-order valence-corrected chi connectivity index (χ3v) is 4.65. The van der Waals surface area contributed by atoms with E-state index in [0.717, 1.165) is 0 Å². The van der Waals surface area contributed by atoms with Gasteiger partial charge in [-0.1, -0.05) is 17.7 Å². The molecule has 0 amide bonds. The second-order valence-electron chi connectivity index (χ2n) is 4.08. The highest BCUT2D eigenvalue weighted by Crippen LogP contribution is 2.35. The van der Waals surface area contributed by atoms with Crippen LogP contribution < -0.4 is 4.74 Å². The minimum Gasteiger partial charge on any atom is -0.496 e. The molecule has 6 heteroatoms. The lowest BCUT2D eigenvalue weighted by molar-refractivity contribution is 0.214. The van der Waals surface area contributed by atoms with Crippen molar-refractivity contribution in [2.24, 2.45) is 0 Å². The van der Waals surface area contributed by atoms with E-state index in [1.165, 1.54) is 19.2 Å². The lowest BCUT2D eigenvalue weighted by Gasteiger charge is -2.16. The zero-order valence-corrected chi connectivity index (χ0v) is 14.3. The minimum absolute atomic E-state index is 0.264. The van der Waals surface area contributed by atoms with Crippen molar-refractivity contribution in [3.8, 4) is 5.75 Å². The van der Waals surface area contributed by atoms with Gasteiger partial charge in [0.15, 0.2) is 0 Å². The van der Waals surface area contributed by atoms with Crippen molar-refractivity contribution >= 4 is 43.5 Å². The van der Waals surface area contributed by atoms with Crippen LogP contribution in [0.25, 0.3) is 0 Å². The van der Waals surface area contributed by atoms with Crippen LogP contribution in [0.4, 0.5) is 4.39 Å². The Morgan fingerprint density at radius 1 is 1.20 bits per heavy atom. The number of aliphatic hydroxyl groups excluding tert-OH is 1. The molecule has 0 aliphatic heterocycles. The van der Waals surface area contributed by atoms with E-state index < -0.39 is 11.9 Å². The first-order valence-electron chi connectivity index (χ1n) is 5.60. The molecule has 1 unspecified atom stereocenters. The van der Waals surface area contributed by atoms with Gasteiger partial charge in [0.2, 0.25) is 0 Å². The Hall–Kier alpha value is -0.620. The fourth-order valence-electron chi connectivity index (χ4n) is 1.80. The first kappa shape index (κ1) is 15.8. The Labute approximate surface area is 137 Å². The van der Waals surface area contributed by atoms with Crippen LogP contribution >= 0.6 is 43.5 Å². The Balaban J connectivity index is 2.49. The van der Waals surface area contributed by atoms with E-state index in [9.17, 15) is 9.50 Å². The van der Waals surface area contributed by atoms with Crippen LogP contribution in [0.1, 0.15) is 17.2 Å². The summed E-state index contributed by atoms with van der Waals surface area (Å²) in [6.07, 6.45) is -0.949. The van der Waals surface area contributed by atoms with Gasteiger partial charge in [-0.15, -0.1) is 0 Å². The maximum absolute atomic E-state index is 13.5. The molecule has 2 nitrogen and oxygen atoms in total. The van der Waals surface area contributed by atoms with Crippen LogP contribution in [0.15, 0.2) is 39.3 Å². The van der Waals surface area contributed by atoms with Crippen LogP contribution in [-0.2, 0) is 0 Å². The van der Waals surface area contributed by atoms with Crippen LogP contribution in [0.5, 0.6) is 5.75 Å². The van der Waals surface area contributed by atoms with Gasteiger partial charge in [-0.25, -0.2) is 4.39 Å². The van der Waals surface area contributed by atoms with Crippen LogP contribution in [0.2, 0.25) is 5.02 Å². The fraction of sp³-hybridized carbons (Fsp3) is 0.143. The predicted molar refractivity (Wildman–Crippen MR) is 83.9 cm³/mol. The zero-order chi connectivity index (χ0) is 14.9. The van der Waals surface area contributed by atoms with E-state index in [0.29, 0.717) is 20.6 Å². The summed E-state index contributed by atoms with van der Waals surface area (Å²) in [4.78, 5) is 0. The van der Waals surface area contributed by atoms with Gasteiger partial charge in [0, 0.05) is 16.1 Å². The summed E-state index contributed by atoms with van der Waals surface area (Å²) in [5.74, 6) is -0.167. The molecule has 0 saturated heterocycles. The SMILES string of the molecule is COc1cc(F)c(Br)cc1C(O)c1ccc(Cl)c(Br)c1. The molecule has 2 aromatic rings. The normalized spacial score (nSPS) is 12.3. The number of methoxy groups -OCH3 is 1. The van der Waals surface area contributed by atoms with E-state index in [1.54, 1.807) is 18.2 Å². The monoisotopic (exact) mass is 422 g/mol. The van der Waals surface area contributed by atoms with Crippen molar-refractivity contribution in [2.75, 3.05) is 7.11 Å². The second-order valence-corrected chi connectivity index (χ2v) is 6.20. The van der Waals surface area contributed by atoms with Crippen molar-refractivity contribution in [3.63, 3.8) is 0 Å². The number of hydrogen-bond donors (Lipinski definition) is 1. The lowest BCUT2D eigenvalue weighted by Crippen LogP contribution is -2.03. The molecule has 2 rings (SSSR count). The number of hydrogen-bond acceptors (Lipinski definition) is 2. The minimum atomic E-state index is -0.949. The van der Waals surface area contributed by atoms with Gasteiger partial charge >= 0.3 is 0 Å². The molecule has 0 aliphatic rings. The van der Waals surface area contributed by atoms with Crippen molar-refractivity contribution in [3.05, 3.63) is 61.2 Å². The highest BCUT2D eigenvalue weighted by atomic mass is 79.9. The molecule has 106 valence electrons. The largest absolute Gasteiger partial charge is 0.496 e. The number of rotatable bonds is 3. The summed E-state index contributed by atoms with van der Waals surface area (Å²) in [6, 6.07) is 7.82. The highest BCUT2D eigenvalue weighted by Gasteiger charge is 2.18. The molecule has 1 N–H and O–H groups in total. The number of benzene rings is 2. The molecule has 20 heavy (non-hydrogen) atoms. The van der Waals surface area contributed by atoms with E-state index >= 15 is 0 Å². The summed E-state index contributed by atoms with van der Waals surface area (Å²) < 4.78 is 19.6. The van der Waals surface area contributed by atoms with Gasteiger partial charge < -0.3 is 9.84 Å². The molecule has 0 radical (unpaired) electrons. The van der Waals surface area contributed by atoms with Gasteiger partial charge in [-0.05, 0) is 55.6 Å². The van der Waals surface area contributed by atoms with E-state index in [2.05, 4.69) is 31.9 Å². The van der Waals surface area contributed by atoms with Gasteiger partial charge in [-0.2, -0.15) is 0 Å². The molecule has 0 fully saturated rings. The number of ether oxygens (including phenoxy) is 1. The first-order chi connectivity index (χ1) is 9.43. The summed E-state index contributed by atoms with van der Waals surface area (Å²) >= 11 is 12.3. The Bertz CT molecular complexity index is 649. The topological polar surface area (TPSA) is 29.5 Å². The van der Waals surface area contributed by atoms with Crippen molar-refractivity contribution in [2.45, 2.75) is 6.10 Å². The maximum atomic E-state index is 13.5. The van der Waals surface area contributed by atoms with Gasteiger partial charge in [0.1, 0.15) is 17.7 Å². The standard InChI is InChI=1S/C14H10Br2ClFO2/c1-20-13-6-12(18)10(16)5-8(13)14(19)7-2-3-11(17)9(15)4-7/h2-6,14,19H,1H3. The van der Waals surface area contributed by atoms with Crippen LogP contribution in [-0.4, -0.2) is 12.2 Å². The molecule has 2 aromatic carbocycles. The molecule has 0 spiro atoms. The first-order valence-corrected chi connectivity index (χ1v) is 7.56. The summed E-state index contributed by atoms with van der Waals surface area (Å²) in [7, 11) is 1.43. The molecule has 1 atom stereocenters. The molecular formula is C14H10Br2ClFO2. The van der Waals surface area contributed by atoms with Gasteiger partial charge in [0.25, 0.3) is 0 Å². The Morgan fingerprint density at radius 3 is 2.50 bits per heavy atom. The van der Waals surface area contributed by atoms with Crippen LogP contribution in [0, 0.1) is 5.82 Å². The predicted octanol–water partition coefficient (Wildman–Crippen LogP) is 5.09. The maximum Gasteiger partial charge on any atom is 0.141 e. The second kappa shape index (κ2) is 6.43. The van der Waals surface area contributed by atoms with E-state index in [1.807, 2.05) is 0 Å². The fourth-order valence-corrected chi connectivity index (χ4v) is 2.67. The molecule has 0 bridgehead atoms. The third-order valence-electron chi connectivity index (χ3n) is 2.83. The van der Waals surface area contributed by atoms with E-state index in [4.69, 9.17) is 16.3 Å². The number of aliphatic hydroxyl groups is 1. The molecule has 0 heterocycles. The zero-order valence-electron chi connectivity index (χ0n) is 10.3. The lowest BCUT2D eigenvalue weighted by atomic mass is 10.0. The van der Waals surface area contributed by atoms with Crippen LogP contribution in [0.3, 0.4) is 0 Å². The van der Waals surface area contributed by atoms with Crippen molar-refractivity contribution in [1.82, 2.24) is 0 Å². The van der Waals surface area contributed by atoms with Crippen molar-refractivity contribution < 1.29 is 14.2 Å². The molecule has 0 aromatic heterocycles. The summed E-state index contributed by atoms with van der Waals surface area (Å²) in [5, 5.41) is 11.0. The molecular weight excluding hydrogens is 414 g/mol. The highest BCUT2D eigenvalue weighted by molar-refractivity contribution is 9.10. The van der Waals surface area contributed by atoms with Gasteiger partial charge in [-0.3, -0.25) is 0 Å². The smallest absolute Gasteiger partial charge is 0.141 e. The molecule has 0 saturated carbocycles. The summed E-state index contributed by atoms with van der Waals surface area (Å²) in [5.41, 5.74) is 1.09. The summed E-state index contributed by atoms with van der Waals surface area (Å²) in [6.45, 7) is 0. The van der Waals surface area contributed by atoms with Crippen molar-refractivity contribution in [1.29, 1.82) is 0 Å². The quantitative estimate of drug-likeness (QED) is 0.743. The van der Waals surface area contributed by atoms with E-state index in [-0.39, 0.29) is 10.2 Å². The Kier molecular flexibility index (Phi) is 5.07. The average molecular weight is 424 g/mol. The Morgan fingerprint density at radius 2 is 1.90 bits per heavy atom. The molecule has 0 aliphatic carbocycles. The van der Waals surface area contributed by atoms with Gasteiger partial charge in [0.05, 0.1) is 16.6 Å². The average Bonchev–Trinajstić information content (AvgIpc) is 2.43. The third kappa shape index (κ3) is 3.17.